The van der Waals surface area contributed by atoms with Crippen LogP contribution in [0.15, 0.2) is 23.3 Å². The first-order chi connectivity index (χ1) is 9.52. The molecule has 1 saturated heterocycles. The number of carboxylic acids is 1. The highest BCUT2D eigenvalue weighted by Gasteiger charge is 2.32. The molecule has 8 heteroatoms. The molecule has 1 aliphatic rings. The molecule has 1 fully saturated rings. The number of hydrogen-bond acceptors (Lipinski definition) is 3. The Morgan fingerprint density at radius 1 is 1.60 bits per heavy atom. The molecule has 1 amide bonds. The first kappa shape index (κ1) is 14.6. The van der Waals surface area contributed by atoms with Crippen molar-refractivity contribution in [2.75, 3.05) is 18.0 Å². The molecule has 1 heterocycles. The number of nitrogens with zero attached hydrogens (tertiary/aromatic N) is 4. The minimum absolute atomic E-state index is 0.0714. The minimum atomic E-state index is -1.07. The molecule has 0 saturated carbocycles. The number of carboxylic acid groups (broad SMARTS) is 1. The van der Waals surface area contributed by atoms with Gasteiger partial charge in [0, 0.05) is 28.0 Å². The second-order valence-electron chi connectivity index (χ2n) is 4.45. The maximum Gasteiger partial charge on any atom is 0.337 e. The average Bonchev–Trinajstić information content (AvgIpc) is 2.77. The molecule has 1 unspecified atom stereocenters. The van der Waals surface area contributed by atoms with Crippen LogP contribution in [0.25, 0.3) is 10.4 Å². The normalized spacial score (nSPS) is 17.9. The van der Waals surface area contributed by atoms with E-state index >= 15 is 0 Å². The van der Waals surface area contributed by atoms with Gasteiger partial charge < -0.3 is 10.0 Å². The zero-order valence-corrected chi connectivity index (χ0v) is 12.5. The quantitative estimate of drug-likeness (QED) is 0.372. The van der Waals surface area contributed by atoms with Crippen LogP contribution in [0, 0.1) is 9.49 Å². The molecule has 1 aliphatic heterocycles. The Morgan fingerprint density at radius 3 is 3.00 bits per heavy atom. The second kappa shape index (κ2) is 6.10. The number of aromatic carboxylic acids is 1. The molecule has 1 N–H and O–H groups in total. The standard InChI is InChI=1S/C12H11IN4O3/c13-8-1-2-9(12(19)20)10(4-8)17-6-7(3-11(17)18)5-15-16-14/h1-2,4,7H,3,5-6H2,(H,19,20). The Hall–Kier alpha value is -1.80. The molecular weight excluding hydrogens is 375 g/mol. The number of benzene rings is 1. The van der Waals surface area contributed by atoms with Crippen molar-refractivity contribution in [1.29, 1.82) is 0 Å². The van der Waals surface area contributed by atoms with E-state index in [2.05, 4.69) is 32.6 Å². The fraction of sp³-hybridized carbons (Fsp3) is 0.333. The third-order valence-electron chi connectivity index (χ3n) is 3.09. The molecule has 0 spiro atoms. The van der Waals surface area contributed by atoms with Crippen LogP contribution < -0.4 is 4.90 Å². The van der Waals surface area contributed by atoms with Gasteiger partial charge in [0.1, 0.15) is 0 Å². The Morgan fingerprint density at radius 2 is 2.35 bits per heavy atom. The molecule has 0 aliphatic carbocycles. The number of carbonyl (C=O) groups is 2. The van der Waals surface area contributed by atoms with Gasteiger partial charge in [-0.3, -0.25) is 4.79 Å². The number of azide groups is 1. The number of halogens is 1. The summed E-state index contributed by atoms with van der Waals surface area (Å²) in [5.74, 6) is -1.28. The number of hydrogen-bond donors (Lipinski definition) is 1. The summed E-state index contributed by atoms with van der Waals surface area (Å²) in [6.45, 7) is 0.614. The Labute approximate surface area is 128 Å². The van der Waals surface area contributed by atoms with Crippen molar-refractivity contribution in [3.8, 4) is 0 Å². The summed E-state index contributed by atoms with van der Waals surface area (Å²) in [7, 11) is 0. The summed E-state index contributed by atoms with van der Waals surface area (Å²) in [6.07, 6.45) is 0.267. The van der Waals surface area contributed by atoms with Gasteiger partial charge in [-0.2, -0.15) is 0 Å². The molecule has 7 nitrogen and oxygen atoms in total. The summed E-state index contributed by atoms with van der Waals surface area (Å²) in [6, 6.07) is 4.86. The van der Waals surface area contributed by atoms with E-state index in [1.54, 1.807) is 12.1 Å². The van der Waals surface area contributed by atoms with Crippen LogP contribution in [0.1, 0.15) is 16.8 Å². The highest BCUT2D eigenvalue weighted by Crippen LogP contribution is 2.30. The zero-order valence-electron chi connectivity index (χ0n) is 10.4. The Kier molecular flexibility index (Phi) is 4.46. The maximum absolute atomic E-state index is 12.0. The molecule has 20 heavy (non-hydrogen) atoms. The molecule has 0 bridgehead atoms. The van der Waals surface area contributed by atoms with Crippen LogP contribution in [-0.2, 0) is 4.79 Å². The van der Waals surface area contributed by atoms with Gasteiger partial charge in [0.15, 0.2) is 0 Å². The summed E-state index contributed by atoms with van der Waals surface area (Å²) in [5, 5.41) is 12.7. The highest BCUT2D eigenvalue weighted by atomic mass is 127. The van der Waals surface area contributed by atoms with Gasteiger partial charge in [0.05, 0.1) is 11.3 Å². The van der Waals surface area contributed by atoms with Crippen molar-refractivity contribution in [3.63, 3.8) is 0 Å². The van der Waals surface area contributed by atoms with Crippen LogP contribution in [-0.4, -0.2) is 30.1 Å². The predicted molar refractivity (Wildman–Crippen MR) is 80.6 cm³/mol. The zero-order chi connectivity index (χ0) is 14.7. The van der Waals surface area contributed by atoms with E-state index in [-0.39, 0.29) is 30.4 Å². The van der Waals surface area contributed by atoms with Gasteiger partial charge in [0.2, 0.25) is 5.91 Å². The fourth-order valence-electron chi connectivity index (χ4n) is 2.20. The van der Waals surface area contributed by atoms with Crippen molar-refractivity contribution < 1.29 is 14.7 Å². The van der Waals surface area contributed by atoms with Crippen LogP contribution in [0.4, 0.5) is 5.69 Å². The van der Waals surface area contributed by atoms with E-state index < -0.39 is 5.97 Å². The van der Waals surface area contributed by atoms with E-state index in [0.717, 1.165) is 3.57 Å². The molecule has 0 aromatic heterocycles. The SMILES string of the molecule is [N-]=[N+]=NCC1CC(=O)N(c2cc(I)ccc2C(=O)O)C1. The lowest BCUT2D eigenvalue weighted by Gasteiger charge is -2.19. The second-order valence-corrected chi connectivity index (χ2v) is 5.70. The largest absolute Gasteiger partial charge is 0.478 e. The maximum atomic E-state index is 12.0. The number of amides is 1. The monoisotopic (exact) mass is 386 g/mol. The summed E-state index contributed by atoms with van der Waals surface area (Å²) in [5.41, 5.74) is 8.81. The van der Waals surface area contributed by atoms with E-state index in [4.69, 9.17) is 5.53 Å². The lowest BCUT2D eigenvalue weighted by Crippen LogP contribution is -2.27. The van der Waals surface area contributed by atoms with E-state index in [0.29, 0.717) is 12.2 Å². The van der Waals surface area contributed by atoms with E-state index in [1.807, 2.05) is 0 Å². The third kappa shape index (κ3) is 3.02. The third-order valence-corrected chi connectivity index (χ3v) is 3.76. The summed E-state index contributed by atoms with van der Waals surface area (Å²) in [4.78, 5) is 27.4. The lowest BCUT2D eigenvalue weighted by molar-refractivity contribution is -0.117. The first-order valence-electron chi connectivity index (χ1n) is 5.87. The van der Waals surface area contributed by atoms with E-state index in [9.17, 15) is 14.7 Å². The molecule has 2 rings (SSSR count). The smallest absolute Gasteiger partial charge is 0.337 e. The molecule has 1 aromatic rings. The number of rotatable bonds is 4. The topological polar surface area (TPSA) is 106 Å². The van der Waals surface area contributed by atoms with Crippen LogP contribution in [0.3, 0.4) is 0 Å². The molecular formula is C12H11IN4O3. The van der Waals surface area contributed by atoms with Gasteiger partial charge in [-0.15, -0.1) is 0 Å². The first-order valence-corrected chi connectivity index (χ1v) is 6.95. The van der Waals surface area contributed by atoms with Crippen molar-refractivity contribution >= 4 is 40.2 Å². The van der Waals surface area contributed by atoms with Crippen molar-refractivity contribution in [3.05, 3.63) is 37.8 Å². The van der Waals surface area contributed by atoms with E-state index in [1.165, 1.54) is 11.0 Å². The molecule has 1 atom stereocenters. The predicted octanol–water partition coefficient (Wildman–Crippen LogP) is 2.65. The van der Waals surface area contributed by atoms with Crippen molar-refractivity contribution in [1.82, 2.24) is 0 Å². The van der Waals surface area contributed by atoms with Crippen LogP contribution in [0.2, 0.25) is 0 Å². The van der Waals surface area contributed by atoms with Gasteiger partial charge in [0.25, 0.3) is 0 Å². The molecule has 0 radical (unpaired) electrons. The van der Waals surface area contributed by atoms with Crippen LogP contribution >= 0.6 is 22.6 Å². The summed E-state index contributed by atoms with van der Waals surface area (Å²) < 4.78 is 0.855. The van der Waals surface area contributed by atoms with Crippen molar-refractivity contribution in [2.24, 2.45) is 11.0 Å². The summed E-state index contributed by atoms with van der Waals surface area (Å²) >= 11 is 2.07. The number of carbonyl (C=O) groups excluding carboxylic acids is 1. The fourth-order valence-corrected chi connectivity index (χ4v) is 2.67. The van der Waals surface area contributed by atoms with Gasteiger partial charge in [-0.25, -0.2) is 4.79 Å². The Balaban J connectivity index is 2.32. The number of anilines is 1. The van der Waals surface area contributed by atoms with Gasteiger partial charge >= 0.3 is 5.97 Å². The molecule has 1 aromatic carbocycles. The van der Waals surface area contributed by atoms with Gasteiger partial charge in [-0.05, 0) is 52.2 Å². The Bertz CT molecular complexity index is 613. The van der Waals surface area contributed by atoms with Gasteiger partial charge in [-0.1, -0.05) is 5.11 Å². The lowest BCUT2D eigenvalue weighted by atomic mass is 10.1. The van der Waals surface area contributed by atoms with Crippen LogP contribution in [0.5, 0.6) is 0 Å². The molecule has 104 valence electrons. The highest BCUT2D eigenvalue weighted by molar-refractivity contribution is 14.1. The van der Waals surface area contributed by atoms with Crippen molar-refractivity contribution in [2.45, 2.75) is 6.42 Å². The average molecular weight is 386 g/mol. The minimum Gasteiger partial charge on any atom is -0.478 e.